The molecule has 0 bridgehead atoms. The third-order valence-electron chi connectivity index (χ3n) is 1.77. The number of rotatable bonds is 5. The van der Waals surface area contributed by atoms with Crippen LogP contribution in [-0.2, 0) is 19.1 Å². The normalized spacial score (nSPS) is 13.5. The number of halogens is 10. The fraction of sp³-hybridized carbons (Fsp3) is 0.556. The Morgan fingerprint density at radius 1 is 0.739 bits per heavy atom. The molecule has 14 heteroatoms. The summed E-state index contributed by atoms with van der Waals surface area (Å²) in [6.07, 6.45) is -26.4. The summed E-state index contributed by atoms with van der Waals surface area (Å²) in [7, 11) is 0. The summed E-state index contributed by atoms with van der Waals surface area (Å²) < 4.78 is 125. The number of hydrogen-bond acceptors (Lipinski definition) is 4. The Labute approximate surface area is 119 Å². The average molecular weight is 366 g/mol. The Kier molecular flexibility index (Phi) is 5.69. The maximum absolute atomic E-state index is 12.3. The van der Waals surface area contributed by atoms with Gasteiger partial charge in [0.15, 0.2) is 0 Å². The van der Waals surface area contributed by atoms with Crippen LogP contribution in [0.4, 0.5) is 43.9 Å². The highest BCUT2D eigenvalue weighted by Gasteiger charge is 2.63. The maximum Gasteiger partial charge on any atom is 0.501 e. The lowest BCUT2D eigenvalue weighted by Gasteiger charge is -2.20. The van der Waals surface area contributed by atoms with Gasteiger partial charge in [0, 0.05) is 5.57 Å². The second-order valence-corrected chi connectivity index (χ2v) is 3.67. The Morgan fingerprint density at radius 2 is 1.09 bits per heavy atom. The van der Waals surface area contributed by atoms with Gasteiger partial charge in [-0.1, -0.05) is 6.58 Å². The van der Waals surface area contributed by atoms with Gasteiger partial charge >= 0.3 is 36.5 Å². The number of ether oxygens (including phenoxy) is 2. The van der Waals surface area contributed by atoms with Gasteiger partial charge in [-0.3, -0.25) is 4.79 Å². The van der Waals surface area contributed by atoms with Gasteiger partial charge in [-0.25, -0.2) is 4.79 Å². The summed E-state index contributed by atoms with van der Waals surface area (Å²) in [5.74, 6) is -5.02. The quantitative estimate of drug-likeness (QED) is 0.426. The monoisotopic (exact) mass is 366 g/mol. The minimum Gasteiger partial charge on any atom is -0.394 e. The van der Waals surface area contributed by atoms with E-state index in [4.69, 9.17) is 0 Å². The van der Waals surface area contributed by atoms with Crippen molar-refractivity contribution in [3.05, 3.63) is 12.2 Å². The van der Waals surface area contributed by atoms with Crippen LogP contribution in [0.15, 0.2) is 12.2 Å². The third-order valence-corrected chi connectivity index (χ3v) is 1.77. The zero-order chi connectivity index (χ0) is 18.9. The second kappa shape index (κ2) is 6.23. The van der Waals surface area contributed by atoms with Crippen LogP contribution in [0.1, 0.15) is 6.42 Å². The standard InChI is InChI=1S/C9H4F10O4/c1-3(5(21)23-9(18,19)7(13,14)15)2-4(20)22-8(16,17)6(10,11)12/h1-2H2. The summed E-state index contributed by atoms with van der Waals surface area (Å²) in [5, 5.41) is 0. The predicted octanol–water partition coefficient (Wildman–Crippen LogP) is 3.33. The summed E-state index contributed by atoms with van der Waals surface area (Å²) >= 11 is 0. The molecule has 0 radical (unpaired) electrons. The van der Waals surface area contributed by atoms with Gasteiger partial charge in [-0.2, -0.15) is 43.9 Å². The molecule has 0 spiro atoms. The van der Waals surface area contributed by atoms with E-state index in [1.807, 2.05) is 0 Å². The van der Waals surface area contributed by atoms with Gasteiger partial charge in [0.05, 0.1) is 6.42 Å². The number of hydrogen-bond donors (Lipinski definition) is 0. The Hall–Kier alpha value is -2.02. The highest BCUT2D eigenvalue weighted by Crippen LogP contribution is 2.38. The highest BCUT2D eigenvalue weighted by molar-refractivity contribution is 5.93. The molecule has 0 aliphatic carbocycles. The van der Waals surface area contributed by atoms with Crippen LogP contribution >= 0.6 is 0 Å². The van der Waals surface area contributed by atoms with Crippen molar-refractivity contribution in [1.82, 2.24) is 0 Å². The van der Waals surface area contributed by atoms with Gasteiger partial charge in [-0.05, 0) is 0 Å². The lowest BCUT2D eigenvalue weighted by molar-refractivity contribution is -0.376. The van der Waals surface area contributed by atoms with Crippen LogP contribution < -0.4 is 0 Å². The fourth-order valence-electron chi connectivity index (χ4n) is 0.730. The van der Waals surface area contributed by atoms with Crippen LogP contribution in [0.3, 0.4) is 0 Å². The molecule has 0 aromatic carbocycles. The van der Waals surface area contributed by atoms with Gasteiger partial charge in [0.2, 0.25) is 0 Å². The SMILES string of the molecule is C=C(CC(=O)OC(F)(F)C(F)(F)F)C(=O)OC(F)(F)C(F)(F)F. The third kappa shape index (κ3) is 5.59. The molecule has 0 unspecified atom stereocenters. The van der Waals surface area contributed by atoms with E-state index >= 15 is 0 Å². The van der Waals surface area contributed by atoms with E-state index in [-0.39, 0.29) is 0 Å². The van der Waals surface area contributed by atoms with Crippen molar-refractivity contribution in [1.29, 1.82) is 0 Å². The molecule has 0 atom stereocenters. The molecule has 0 aliphatic rings. The Morgan fingerprint density at radius 3 is 1.43 bits per heavy atom. The molecule has 0 N–H and O–H groups in total. The largest absolute Gasteiger partial charge is 0.501 e. The lowest BCUT2D eigenvalue weighted by Crippen LogP contribution is -2.42. The Balaban J connectivity index is 4.79. The molecular formula is C9H4F10O4. The van der Waals surface area contributed by atoms with Crippen molar-refractivity contribution >= 4 is 11.9 Å². The molecule has 0 saturated heterocycles. The van der Waals surface area contributed by atoms with Gasteiger partial charge in [0.25, 0.3) is 0 Å². The lowest BCUT2D eigenvalue weighted by atomic mass is 10.2. The van der Waals surface area contributed by atoms with E-state index in [0.717, 1.165) is 0 Å². The molecule has 134 valence electrons. The van der Waals surface area contributed by atoms with Crippen LogP contribution in [0, 0.1) is 0 Å². The second-order valence-electron chi connectivity index (χ2n) is 3.67. The summed E-state index contributed by atoms with van der Waals surface area (Å²) in [4.78, 5) is 21.5. The van der Waals surface area contributed by atoms with E-state index in [0.29, 0.717) is 0 Å². The van der Waals surface area contributed by atoms with Crippen molar-refractivity contribution in [3.8, 4) is 0 Å². The summed E-state index contributed by atoms with van der Waals surface area (Å²) in [6.45, 7) is 2.45. The highest BCUT2D eigenvalue weighted by atomic mass is 19.4. The minimum absolute atomic E-state index is 1.57. The maximum atomic E-state index is 12.3. The molecule has 0 rings (SSSR count). The van der Waals surface area contributed by atoms with Crippen LogP contribution in [0.5, 0.6) is 0 Å². The van der Waals surface area contributed by atoms with Crippen LogP contribution in [0.2, 0.25) is 0 Å². The first-order chi connectivity index (χ1) is 9.91. The van der Waals surface area contributed by atoms with Gasteiger partial charge in [-0.15, -0.1) is 0 Å². The predicted molar refractivity (Wildman–Crippen MR) is 47.9 cm³/mol. The van der Waals surface area contributed by atoms with E-state index < -0.39 is 48.5 Å². The first-order valence-electron chi connectivity index (χ1n) is 4.93. The molecule has 0 saturated carbocycles. The smallest absolute Gasteiger partial charge is 0.394 e. The fourth-order valence-corrected chi connectivity index (χ4v) is 0.730. The molecule has 0 heterocycles. The van der Waals surface area contributed by atoms with Crippen molar-refractivity contribution in [2.24, 2.45) is 0 Å². The number of alkyl halides is 10. The zero-order valence-electron chi connectivity index (χ0n) is 10.3. The number of carbonyl (C=O) groups is 2. The Bertz CT molecular complexity index is 490. The summed E-state index contributed by atoms with van der Waals surface area (Å²) in [6, 6.07) is 0. The molecule has 23 heavy (non-hydrogen) atoms. The first kappa shape index (κ1) is 21.0. The van der Waals surface area contributed by atoms with Gasteiger partial charge in [0.1, 0.15) is 0 Å². The van der Waals surface area contributed by atoms with Crippen molar-refractivity contribution < 1.29 is 63.0 Å². The summed E-state index contributed by atoms with van der Waals surface area (Å²) in [5.41, 5.74) is -1.57. The molecule has 0 aromatic heterocycles. The van der Waals surface area contributed by atoms with E-state index in [1.165, 1.54) is 0 Å². The number of carbonyl (C=O) groups excluding carboxylic acids is 2. The first-order valence-corrected chi connectivity index (χ1v) is 4.93. The van der Waals surface area contributed by atoms with Crippen LogP contribution in [-0.4, -0.2) is 36.5 Å². The average Bonchev–Trinajstić information content (AvgIpc) is 2.23. The molecular weight excluding hydrogens is 362 g/mol. The van der Waals surface area contributed by atoms with Gasteiger partial charge < -0.3 is 9.47 Å². The minimum atomic E-state index is -6.33. The van der Waals surface area contributed by atoms with Crippen molar-refractivity contribution in [2.75, 3.05) is 0 Å². The van der Waals surface area contributed by atoms with E-state index in [9.17, 15) is 53.5 Å². The van der Waals surface area contributed by atoms with Crippen LogP contribution in [0.25, 0.3) is 0 Å². The van der Waals surface area contributed by atoms with E-state index in [2.05, 4.69) is 16.1 Å². The molecule has 0 fully saturated rings. The number of esters is 2. The topological polar surface area (TPSA) is 52.6 Å². The van der Waals surface area contributed by atoms with Crippen molar-refractivity contribution in [2.45, 2.75) is 31.0 Å². The molecule has 4 nitrogen and oxygen atoms in total. The molecule has 0 amide bonds. The molecule has 0 aliphatic heterocycles. The van der Waals surface area contributed by atoms with E-state index in [1.54, 1.807) is 0 Å². The van der Waals surface area contributed by atoms with Crippen molar-refractivity contribution in [3.63, 3.8) is 0 Å². The molecule has 0 aromatic rings. The zero-order valence-corrected chi connectivity index (χ0v) is 10.3.